The molecule has 0 spiro atoms. The van der Waals surface area contributed by atoms with E-state index in [4.69, 9.17) is 0 Å². The van der Waals surface area contributed by atoms with Gasteiger partial charge in [-0.3, -0.25) is 14.3 Å². The lowest BCUT2D eigenvalue weighted by Crippen LogP contribution is -2.21. The minimum absolute atomic E-state index is 0.0568. The fourth-order valence-corrected chi connectivity index (χ4v) is 2.73. The van der Waals surface area contributed by atoms with E-state index in [1.807, 2.05) is 43.3 Å². The fourth-order valence-electron chi connectivity index (χ4n) is 2.73. The predicted octanol–water partition coefficient (Wildman–Crippen LogP) is 3.52. The molecular weight excluding hydrogens is 340 g/mol. The van der Waals surface area contributed by atoms with E-state index in [2.05, 4.69) is 10.4 Å². The van der Waals surface area contributed by atoms with Crippen LogP contribution in [0.5, 0.6) is 0 Å². The van der Waals surface area contributed by atoms with Gasteiger partial charge in [0.05, 0.1) is 11.9 Å². The fraction of sp³-hybridized carbons (Fsp3) is 0.190. The predicted molar refractivity (Wildman–Crippen MR) is 106 cm³/mol. The van der Waals surface area contributed by atoms with Gasteiger partial charge in [-0.05, 0) is 42.3 Å². The molecule has 6 heteroatoms. The van der Waals surface area contributed by atoms with Crippen molar-refractivity contribution in [3.63, 3.8) is 0 Å². The number of amides is 2. The maximum atomic E-state index is 12.6. The van der Waals surface area contributed by atoms with Gasteiger partial charge in [0.15, 0.2) is 0 Å². The highest BCUT2D eigenvalue weighted by molar-refractivity contribution is 6.05. The Morgan fingerprint density at radius 1 is 1.04 bits per heavy atom. The minimum atomic E-state index is -0.201. The lowest BCUT2D eigenvalue weighted by Gasteiger charge is -2.11. The van der Waals surface area contributed by atoms with Crippen molar-refractivity contribution in [3.8, 4) is 11.1 Å². The van der Waals surface area contributed by atoms with E-state index < -0.39 is 0 Å². The topological polar surface area (TPSA) is 67.2 Å². The van der Waals surface area contributed by atoms with Crippen LogP contribution in [-0.4, -0.2) is 40.6 Å². The number of carbonyl (C=O) groups excluding carboxylic acids is 2. The Bertz CT molecular complexity index is 976. The maximum Gasteiger partial charge on any atom is 0.255 e. The van der Waals surface area contributed by atoms with Gasteiger partial charge in [0.25, 0.3) is 11.8 Å². The number of anilines is 1. The number of carbonyl (C=O) groups is 2. The lowest BCUT2D eigenvalue weighted by atomic mass is 10.0. The molecule has 0 unspecified atom stereocenters. The quantitative estimate of drug-likeness (QED) is 0.755. The summed E-state index contributed by atoms with van der Waals surface area (Å²) in [7, 11) is 3.45. The van der Waals surface area contributed by atoms with Gasteiger partial charge in [0.1, 0.15) is 0 Å². The van der Waals surface area contributed by atoms with E-state index in [-0.39, 0.29) is 11.8 Å². The molecule has 1 heterocycles. The number of hydrogen-bond donors (Lipinski definition) is 1. The molecule has 1 aromatic heterocycles. The van der Waals surface area contributed by atoms with Crippen LogP contribution in [0.25, 0.3) is 11.1 Å². The first-order valence-corrected chi connectivity index (χ1v) is 8.74. The lowest BCUT2D eigenvalue weighted by molar-refractivity contribution is 0.0827. The van der Waals surface area contributed by atoms with Gasteiger partial charge >= 0.3 is 0 Å². The molecule has 138 valence electrons. The zero-order valence-corrected chi connectivity index (χ0v) is 15.6. The summed E-state index contributed by atoms with van der Waals surface area (Å²) >= 11 is 0. The summed E-state index contributed by atoms with van der Waals surface area (Å²) in [5, 5.41) is 7.01. The number of hydrogen-bond acceptors (Lipinski definition) is 3. The smallest absolute Gasteiger partial charge is 0.255 e. The van der Waals surface area contributed by atoms with Gasteiger partial charge < -0.3 is 10.2 Å². The first-order chi connectivity index (χ1) is 13.0. The van der Waals surface area contributed by atoms with Crippen molar-refractivity contribution >= 4 is 17.5 Å². The summed E-state index contributed by atoms with van der Waals surface area (Å²) < 4.78 is 1.75. The Balaban J connectivity index is 1.84. The van der Waals surface area contributed by atoms with E-state index >= 15 is 0 Å². The van der Waals surface area contributed by atoms with Gasteiger partial charge in [0, 0.05) is 38.0 Å². The van der Waals surface area contributed by atoms with Crippen LogP contribution in [0.15, 0.2) is 60.9 Å². The third-order valence-electron chi connectivity index (χ3n) is 4.19. The zero-order valence-electron chi connectivity index (χ0n) is 15.6. The first-order valence-electron chi connectivity index (χ1n) is 8.74. The van der Waals surface area contributed by atoms with Crippen LogP contribution in [-0.2, 0) is 6.54 Å². The number of benzene rings is 2. The highest BCUT2D eigenvalue weighted by Crippen LogP contribution is 2.22. The monoisotopic (exact) mass is 362 g/mol. The molecule has 27 heavy (non-hydrogen) atoms. The Morgan fingerprint density at radius 3 is 2.26 bits per heavy atom. The van der Waals surface area contributed by atoms with Gasteiger partial charge in [-0.15, -0.1) is 0 Å². The summed E-state index contributed by atoms with van der Waals surface area (Å²) in [5.41, 5.74) is 3.57. The summed E-state index contributed by atoms with van der Waals surface area (Å²) in [5.74, 6) is -0.258. The van der Waals surface area contributed by atoms with E-state index in [0.717, 1.165) is 17.7 Å². The summed E-state index contributed by atoms with van der Waals surface area (Å²) in [4.78, 5) is 26.3. The standard InChI is InChI=1S/C21H22N4O2/c1-4-25-14-19(13-22-25)23-20(26)17-9-5-7-15(11-17)16-8-6-10-18(12-16)21(27)24(2)3/h5-14H,4H2,1-3H3,(H,23,26). The molecule has 3 aromatic rings. The molecular formula is C21H22N4O2. The molecule has 0 fully saturated rings. The molecule has 0 aliphatic heterocycles. The molecule has 0 saturated carbocycles. The summed E-state index contributed by atoms with van der Waals surface area (Å²) in [6.07, 6.45) is 3.42. The van der Waals surface area contributed by atoms with E-state index in [1.54, 1.807) is 48.2 Å². The molecule has 0 aliphatic carbocycles. The van der Waals surface area contributed by atoms with E-state index in [9.17, 15) is 9.59 Å². The highest BCUT2D eigenvalue weighted by Gasteiger charge is 2.11. The average Bonchev–Trinajstić information content (AvgIpc) is 3.15. The van der Waals surface area contributed by atoms with Gasteiger partial charge in [-0.2, -0.15) is 5.10 Å². The Kier molecular flexibility index (Phi) is 5.35. The van der Waals surface area contributed by atoms with Crippen LogP contribution in [0.2, 0.25) is 0 Å². The highest BCUT2D eigenvalue weighted by atomic mass is 16.2. The molecule has 0 bridgehead atoms. The number of aromatic nitrogens is 2. The zero-order chi connectivity index (χ0) is 19.4. The SMILES string of the molecule is CCn1cc(NC(=O)c2cccc(-c3cccc(C(=O)N(C)C)c3)c2)cn1. The van der Waals surface area contributed by atoms with Crippen molar-refractivity contribution in [3.05, 3.63) is 72.1 Å². The van der Waals surface area contributed by atoms with Gasteiger partial charge in [-0.25, -0.2) is 0 Å². The molecule has 1 N–H and O–H groups in total. The van der Waals surface area contributed by atoms with Crippen molar-refractivity contribution in [2.75, 3.05) is 19.4 Å². The minimum Gasteiger partial charge on any atom is -0.345 e. The normalized spacial score (nSPS) is 10.5. The van der Waals surface area contributed by atoms with Crippen LogP contribution in [0.3, 0.4) is 0 Å². The molecule has 2 amide bonds. The molecule has 6 nitrogen and oxygen atoms in total. The largest absolute Gasteiger partial charge is 0.345 e. The number of nitrogens with one attached hydrogen (secondary N) is 1. The molecule has 3 rings (SSSR count). The Labute approximate surface area is 158 Å². The van der Waals surface area contributed by atoms with Crippen LogP contribution >= 0.6 is 0 Å². The Hall–Kier alpha value is -3.41. The Morgan fingerprint density at radius 2 is 1.67 bits per heavy atom. The number of nitrogens with zero attached hydrogens (tertiary/aromatic N) is 3. The van der Waals surface area contributed by atoms with E-state index in [0.29, 0.717) is 16.8 Å². The van der Waals surface area contributed by atoms with Gasteiger partial charge in [0.2, 0.25) is 0 Å². The summed E-state index contributed by atoms with van der Waals surface area (Å²) in [6, 6.07) is 14.7. The number of rotatable bonds is 5. The molecule has 0 aliphatic rings. The van der Waals surface area contributed by atoms with Crippen molar-refractivity contribution in [2.24, 2.45) is 0 Å². The average molecular weight is 362 g/mol. The second kappa shape index (κ2) is 7.86. The third kappa shape index (κ3) is 4.23. The molecule has 0 radical (unpaired) electrons. The van der Waals surface area contributed by atoms with Crippen LogP contribution in [0.4, 0.5) is 5.69 Å². The van der Waals surface area contributed by atoms with Crippen LogP contribution in [0.1, 0.15) is 27.6 Å². The number of aryl methyl sites for hydroxylation is 1. The van der Waals surface area contributed by atoms with Crippen molar-refractivity contribution in [2.45, 2.75) is 13.5 Å². The maximum absolute atomic E-state index is 12.6. The molecule has 2 aromatic carbocycles. The third-order valence-corrected chi connectivity index (χ3v) is 4.19. The molecule has 0 saturated heterocycles. The van der Waals surface area contributed by atoms with Crippen LogP contribution < -0.4 is 5.32 Å². The van der Waals surface area contributed by atoms with Crippen molar-refractivity contribution in [1.82, 2.24) is 14.7 Å². The van der Waals surface area contributed by atoms with Crippen molar-refractivity contribution < 1.29 is 9.59 Å². The summed E-state index contributed by atoms with van der Waals surface area (Å²) in [6.45, 7) is 2.73. The van der Waals surface area contributed by atoms with Crippen LogP contribution in [0, 0.1) is 0 Å². The second-order valence-corrected chi connectivity index (χ2v) is 6.40. The second-order valence-electron chi connectivity index (χ2n) is 6.40. The van der Waals surface area contributed by atoms with Gasteiger partial charge in [-0.1, -0.05) is 24.3 Å². The molecule has 0 atom stereocenters. The first kappa shape index (κ1) is 18.4. The van der Waals surface area contributed by atoms with Crippen molar-refractivity contribution in [1.29, 1.82) is 0 Å². The van der Waals surface area contributed by atoms with E-state index in [1.165, 1.54) is 0 Å².